The van der Waals surface area contributed by atoms with Gasteiger partial charge in [-0.2, -0.15) is 0 Å². The van der Waals surface area contributed by atoms with Crippen LogP contribution >= 0.6 is 0 Å². The van der Waals surface area contributed by atoms with Gasteiger partial charge in [-0.3, -0.25) is 0 Å². The molecule has 0 N–H and O–H groups in total. The maximum atomic E-state index is 12.7. The molecule has 2 heterocycles. The summed E-state index contributed by atoms with van der Waals surface area (Å²) in [6.45, 7) is 3.89. The predicted molar refractivity (Wildman–Crippen MR) is 75.1 cm³/mol. The number of hydrogen-bond donors (Lipinski definition) is 0. The molecule has 4 nitrogen and oxygen atoms in total. The molecule has 110 valence electrons. The van der Waals surface area contributed by atoms with E-state index in [4.69, 9.17) is 9.47 Å². The summed E-state index contributed by atoms with van der Waals surface area (Å²) in [5.74, 6) is -0.754. The number of sulfone groups is 1. The van der Waals surface area contributed by atoms with Crippen LogP contribution in [0.15, 0.2) is 35.2 Å². The van der Waals surface area contributed by atoms with Gasteiger partial charge in [0.05, 0.1) is 22.4 Å². The molecule has 5 heteroatoms. The lowest BCUT2D eigenvalue weighted by Gasteiger charge is -2.33. The van der Waals surface area contributed by atoms with Crippen LogP contribution in [0.2, 0.25) is 0 Å². The first-order chi connectivity index (χ1) is 9.44. The molecule has 0 aliphatic carbocycles. The lowest BCUT2D eigenvalue weighted by atomic mass is 10.0. The molecule has 0 amide bonds. The molecular formula is C15H20O4S. The molecule has 0 radical (unpaired) electrons. The Bertz CT molecular complexity index is 583. The quantitative estimate of drug-likeness (QED) is 0.860. The molecular weight excluding hydrogens is 276 g/mol. The molecule has 2 aliphatic rings. The molecule has 3 rings (SSSR count). The van der Waals surface area contributed by atoms with Gasteiger partial charge in [0.15, 0.2) is 15.6 Å². The first-order valence-corrected chi connectivity index (χ1v) is 8.64. The van der Waals surface area contributed by atoms with E-state index in [9.17, 15) is 8.42 Å². The van der Waals surface area contributed by atoms with Crippen molar-refractivity contribution < 1.29 is 17.9 Å². The van der Waals surface area contributed by atoms with Crippen LogP contribution < -0.4 is 0 Å². The highest BCUT2D eigenvalue weighted by molar-refractivity contribution is 7.92. The number of benzene rings is 1. The second kappa shape index (κ2) is 4.83. The van der Waals surface area contributed by atoms with Gasteiger partial charge in [0, 0.05) is 6.42 Å². The number of ether oxygens (including phenoxy) is 2. The minimum atomic E-state index is -3.32. The molecule has 4 atom stereocenters. The molecule has 2 saturated heterocycles. The third-order valence-electron chi connectivity index (χ3n) is 4.22. The molecule has 0 unspecified atom stereocenters. The summed E-state index contributed by atoms with van der Waals surface area (Å²) in [6.07, 6.45) is 1.67. The molecule has 2 bridgehead atoms. The van der Waals surface area contributed by atoms with Crippen LogP contribution in [0, 0.1) is 0 Å². The normalized spacial score (nSPS) is 37.0. The fourth-order valence-corrected chi connectivity index (χ4v) is 5.14. The van der Waals surface area contributed by atoms with Crippen LogP contribution in [0.25, 0.3) is 0 Å². The van der Waals surface area contributed by atoms with Gasteiger partial charge in [-0.15, -0.1) is 0 Å². The zero-order chi connectivity index (χ0) is 14.4. The standard InChI is InChI=1S/C15H20O4S/c1-3-13-14-9-12(10-15(2,18-13)19-14)20(16,17)11-7-5-4-6-8-11/h4-8,12-14H,3,9-10H2,1-2H3/t12-,13-,14-,15+/m1/s1. The summed E-state index contributed by atoms with van der Waals surface area (Å²) in [7, 11) is -3.32. The first kappa shape index (κ1) is 14.0. The van der Waals surface area contributed by atoms with Crippen LogP contribution in [0.3, 0.4) is 0 Å². The Hall–Kier alpha value is -0.910. The summed E-state index contributed by atoms with van der Waals surface area (Å²) in [5.41, 5.74) is 0. The molecule has 0 aromatic heterocycles. The molecule has 0 spiro atoms. The number of fused-ring (bicyclic) bond motifs is 2. The maximum absolute atomic E-state index is 12.7. The average Bonchev–Trinajstić information content (AvgIpc) is 2.68. The number of rotatable bonds is 3. The van der Waals surface area contributed by atoms with Gasteiger partial charge in [-0.1, -0.05) is 25.1 Å². The Labute approximate surface area is 120 Å². The van der Waals surface area contributed by atoms with Crippen LogP contribution in [0.5, 0.6) is 0 Å². The molecule has 2 aliphatic heterocycles. The van der Waals surface area contributed by atoms with E-state index >= 15 is 0 Å². The highest BCUT2D eigenvalue weighted by atomic mass is 32.2. The zero-order valence-corrected chi connectivity index (χ0v) is 12.6. The van der Waals surface area contributed by atoms with Crippen molar-refractivity contribution in [3.63, 3.8) is 0 Å². The molecule has 1 aromatic rings. The minimum absolute atomic E-state index is 0.0102. The molecule has 20 heavy (non-hydrogen) atoms. The van der Waals surface area contributed by atoms with Gasteiger partial charge < -0.3 is 9.47 Å². The van der Waals surface area contributed by atoms with E-state index in [0.717, 1.165) is 6.42 Å². The van der Waals surface area contributed by atoms with Gasteiger partial charge in [-0.05, 0) is 31.9 Å². The highest BCUT2D eigenvalue weighted by Crippen LogP contribution is 2.43. The van der Waals surface area contributed by atoms with Crippen molar-refractivity contribution in [3.8, 4) is 0 Å². The fraction of sp³-hybridized carbons (Fsp3) is 0.600. The fourth-order valence-electron chi connectivity index (χ4n) is 3.26. The van der Waals surface area contributed by atoms with Crippen LogP contribution in [-0.4, -0.2) is 31.7 Å². The van der Waals surface area contributed by atoms with Gasteiger partial charge in [-0.25, -0.2) is 8.42 Å². The van der Waals surface area contributed by atoms with Crippen molar-refractivity contribution in [2.24, 2.45) is 0 Å². The van der Waals surface area contributed by atoms with Gasteiger partial charge in [0.2, 0.25) is 0 Å². The summed E-state index contributed by atoms with van der Waals surface area (Å²) in [5, 5.41) is -0.426. The maximum Gasteiger partial charge on any atom is 0.181 e. The van der Waals surface area contributed by atoms with Gasteiger partial charge in [0.1, 0.15) is 0 Å². The third-order valence-corrected chi connectivity index (χ3v) is 6.39. The second-order valence-corrected chi connectivity index (χ2v) is 8.00. The van der Waals surface area contributed by atoms with Crippen molar-refractivity contribution in [2.45, 2.75) is 61.3 Å². The van der Waals surface area contributed by atoms with E-state index in [2.05, 4.69) is 0 Å². The average molecular weight is 296 g/mol. The van der Waals surface area contributed by atoms with Crippen LogP contribution in [0.4, 0.5) is 0 Å². The Morgan fingerprint density at radius 3 is 2.60 bits per heavy atom. The zero-order valence-electron chi connectivity index (χ0n) is 11.8. The van der Waals surface area contributed by atoms with Gasteiger partial charge >= 0.3 is 0 Å². The van der Waals surface area contributed by atoms with E-state index in [1.165, 1.54) is 0 Å². The van der Waals surface area contributed by atoms with Crippen LogP contribution in [0.1, 0.15) is 33.1 Å². The monoisotopic (exact) mass is 296 g/mol. The Morgan fingerprint density at radius 1 is 1.25 bits per heavy atom. The SMILES string of the molecule is CC[C@H]1O[C@]2(C)C[C@H](S(=O)(=O)c3ccccc3)C[C@H]1O2. The van der Waals surface area contributed by atoms with E-state index < -0.39 is 20.9 Å². The number of hydrogen-bond acceptors (Lipinski definition) is 4. The van der Waals surface area contributed by atoms with Crippen LogP contribution in [-0.2, 0) is 19.3 Å². The van der Waals surface area contributed by atoms with E-state index in [1.54, 1.807) is 24.3 Å². The summed E-state index contributed by atoms with van der Waals surface area (Å²) >= 11 is 0. The third kappa shape index (κ3) is 2.28. The predicted octanol–water partition coefficient (Wildman–Crippen LogP) is 2.53. The largest absolute Gasteiger partial charge is 0.344 e. The molecule has 0 saturated carbocycles. The summed E-state index contributed by atoms with van der Waals surface area (Å²) in [4.78, 5) is 0.392. The van der Waals surface area contributed by atoms with E-state index in [1.807, 2.05) is 19.9 Å². The Kier molecular flexibility index (Phi) is 3.39. The van der Waals surface area contributed by atoms with Crippen molar-refractivity contribution >= 4 is 9.84 Å². The van der Waals surface area contributed by atoms with Crippen molar-refractivity contribution in [2.75, 3.05) is 0 Å². The lowest BCUT2D eigenvalue weighted by Crippen LogP contribution is -2.41. The molecule has 1 aromatic carbocycles. The van der Waals surface area contributed by atoms with E-state index in [0.29, 0.717) is 17.7 Å². The van der Waals surface area contributed by atoms with Crippen molar-refractivity contribution in [1.82, 2.24) is 0 Å². The Morgan fingerprint density at radius 2 is 1.95 bits per heavy atom. The topological polar surface area (TPSA) is 52.6 Å². The van der Waals surface area contributed by atoms with Crippen molar-refractivity contribution in [1.29, 1.82) is 0 Å². The second-order valence-electron chi connectivity index (χ2n) is 5.77. The van der Waals surface area contributed by atoms with E-state index in [-0.39, 0.29) is 12.2 Å². The smallest absolute Gasteiger partial charge is 0.181 e. The summed E-state index contributed by atoms with van der Waals surface area (Å²) < 4.78 is 37.2. The first-order valence-electron chi connectivity index (χ1n) is 7.09. The van der Waals surface area contributed by atoms with Crippen molar-refractivity contribution in [3.05, 3.63) is 30.3 Å². The summed E-state index contributed by atoms with van der Waals surface area (Å²) in [6, 6.07) is 8.66. The molecule has 2 fully saturated rings. The highest BCUT2D eigenvalue weighted by Gasteiger charge is 2.52. The Balaban J connectivity index is 1.90. The van der Waals surface area contributed by atoms with Gasteiger partial charge in [0.25, 0.3) is 0 Å². The minimum Gasteiger partial charge on any atom is -0.344 e. The lowest BCUT2D eigenvalue weighted by molar-refractivity contribution is -0.178.